The number of nitrogens with one attached hydrogen (secondary N) is 1. The fourth-order valence-corrected chi connectivity index (χ4v) is 1.76. The lowest BCUT2D eigenvalue weighted by molar-refractivity contribution is 1.24. The zero-order valence-electron chi connectivity index (χ0n) is 7.83. The van der Waals surface area contributed by atoms with Crippen LogP contribution in [0.4, 0.5) is 5.69 Å². The van der Waals surface area contributed by atoms with Crippen molar-refractivity contribution in [3.05, 3.63) is 51.4 Å². The largest absolute Gasteiger partial charge is 0.398 e. The highest BCUT2D eigenvalue weighted by atomic mass is 79.9. The van der Waals surface area contributed by atoms with E-state index in [2.05, 4.69) is 20.9 Å². The highest BCUT2D eigenvalue weighted by Crippen LogP contribution is 2.26. The molecule has 2 aromatic rings. The second kappa shape index (κ2) is 3.90. The van der Waals surface area contributed by atoms with E-state index in [0.29, 0.717) is 11.3 Å². The molecule has 0 unspecified atom stereocenters. The summed E-state index contributed by atoms with van der Waals surface area (Å²) < 4.78 is 0.898. The summed E-state index contributed by atoms with van der Waals surface area (Å²) >= 11 is 3.35. The summed E-state index contributed by atoms with van der Waals surface area (Å²) in [5, 5.41) is 0. The van der Waals surface area contributed by atoms with Crippen LogP contribution in [0.2, 0.25) is 0 Å². The number of nitrogens with two attached hydrogens (primary N) is 1. The summed E-state index contributed by atoms with van der Waals surface area (Å²) in [6.45, 7) is 0. The van der Waals surface area contributed by atoms with Crippen molar-refractivity contribution in [1.82, 2.24) is 4.98 Å². The fourth-order valence-electron chi connectivity index (χ4n) is 1.40. The lowest BCUT2D eigenvalue weighted by Gasteiger charge is -2.04. The molecule has 0 saturated heterocycles. The van der Waals surface area contributed by atoms with Gasteiger partial charge in [0.2, 0.25) is 0 Å². The number of aromatic amines is 1. The predicted molar refractivity (Wildman–Crippen MR) is 64.6 cm³/mol. The van der Waals surface area contributed by atoms with Crippen LogP contribution in [-0.2, 0) is 0 Å². The van der Waals surface area contributed by atoms with Crippen LogP contribution in [-0.4, -0.2) is 4.98 Å². The molecule has 1 aromatic carbocycles. The minimum absolute atomic E-state index is 0.137. The molecular weight excluding hydrogens is 256 g/mol. The van der Waals surface area contributed by atoms with Gasteiger partial charge in [0, 0.05) is 27.5 Å². The van der Waals surface area contributed by atoms with Crippen molar-refractivity contribution in [2.24, 2.45) is 0 Å². The second-order valence-corrected chi connectivity index (χ2v) is 4.06. The third-order valence-electron chi connectivity index (χ3n) is 2.12. The van der Waals surface area contributed by atoms with Crippen LogP contribution >= 0.6 is 15.9 Å². The van der Waals surface area contributed by atoms with Gasteiger partial charge in [0.15, 0.2) is 0 Å². The first-order valence-corrected chi connectivity index (χ1v) is 5.21. The summed E-state index contributed by atoms with van der Waals surface area (Å²) in [4.78, 5) is 14.2. The average Bonchev–Trinajstić information content (AvgIpc) is 2.23. The van der Waals surface area contributed by atoms with Crippen LogP contribution in [0.1, 0.15) is 0 Å². The fraction of sp³-hybridized carbons (Fsp3) is 0. The van der Waals surface area contributed by atoms with E-state index in [4.69, 9.17) is 5.73 Å². The van der Waals surface area contributed by atoms with E-state index in [9.17, 15) is 4.79 Å². The van der Waals surface area contributed by atoms with Crippen molar-refractivity contribution < 1.29 is 0 Å². The van der Waals surface area contributed by atoms with E-state index in [1.807, 2.05) is 12.1 Å². The molecule has 76 valence electrons. The van der Waals surface area contributed by atoms with Crippen molar-refractivity contribution >= 4 is 21.6 Å². The molecule has 15 heavy (non-hydrogen) atoms. The number of rotatable bonds is 1. The number of nitrogen functional groups attached to an aromatic ring is 1. The Bertz CT molecular complexity index is 548. The normalized spacial score (nSPS) is 10.2. The Hall–Kier alpha value is -1.55. The monoisotopic (exact) mass is 264 g/mol. The minimum Gasteiger partial charge on any atom is -0.398 e. The first-order valence-electron chi connectivity index (χ1n) is 4.41. The average molecular weight is 265 g/mol. The van der Waals surface area contributed by atoms with Gasteiger partial charge in [-0.3, -0.25) is 4.79 Å². The number of anilines is 1. The molecule has 1 heterocycles. The molecule has 0 atom stereocenters. The summed E-state index contributed by atoms with van der Waals surface area (Å²) in [5.41, 5.74) is 7.59. The maximum absolute atomic E-state index is 11.6. The molecule has 0 fully saturated rings. The van der Waals surface area contributed by atoms with Crippen molar-refractivity contribution in [3.8, 4) is 11.1 Å². The van der Waals surface area contributed by atoms with Crippen molar-refractivity contribution in [2.75, 3.05) is 5.73 Å². The highest BCUT2D eigenvalue weighted by molar-refractivity contribution is 9.10. The van der Waals surface area contributed by atoms with Crippen LogP contribution in [0.5, 0.6) is 0 Å². The van der Waals surface area contributed by atoms with Crippen LogP contribution in [0.25, 0.3) is 11.1 Å². The Balaban J connectivity index is 2.69. The van der Waals surface area contributed by atoms with Crippen molar-refractivity contribution in [3.63, 3.8) is 0 Å². The Morgan fingerprint density at radius 2 is 2.00 bits per heavy atom. The van der Waals surface area contributed by atoms with Gasteiger partial charge in [0.05, 0.1) is 0 Å². The zero-order chi connectivity index (χ0) is 10.8. The Morgan fingerprint density at radius 3 is 2.73 bits per heavy atom. The van der Waals surface area contributed by atoms with E-state index in [1.165, 1.54) is 0 Å². The molecule has 0 bridgehead atoms. The zero-order valence-corrected chi connectivity index (χ0v) is 9.41. The summed E-state index contributed by atoms with van der Waals surface area (Å²) in [6, 6.07) is 8.97. The molecule has 0 saturated carbocycles. The number of H-pyrrole nitrogens is 1. The molecule has 0 amide bonds. The van der Waals surface area contributed by atoms with Gasteiger partial charge in [0.25, 0.3) is 5.56 Å². The molecule has 3 N–H and O–H groups in total. The number of pyridine rings is 1. The molecule has 1 aromatic heterocycles. The maximum Gasteiger partial charge on any atom is 0.255 e. The number of benzene rings is 1. The van der Waals surface area contributed by atoms with E-state index in [1.54, 1.807) is 24.4 Å². The lowest BCUT2D eigenvalue weighted by atomic mass is 10.1. The van der Waals surface area contributed by atoms with Crippen LogP contribution < -0.4 is 11.3 Å². The third-order valence-corrected chi connectivity index (χ3v) is 2.62. The van der Waals surface area contributed by atoms with Crippen molar-refractivity contribution in [2.45, 2.75) is 0 Å². The van der Waals surface area contributed by atoms with Gasteiger partial charge in [0.1, 0.15) is 0 Å². The van der Waals surface area contributed by atoms with Gasteiger partial charge < -0.3 is 10.7 Å². The highest BCUT2D eigenvalue weighted by Gasteiger charge is 2.06. The molecule has 0 aliphatic rings. The van der Waals surface area contributed by atoms with E-state index in [-0.39, 0.29) is 5.56 Å². The summed E-state index contributed by atoms with van der Waals surface area (Å²) in [6.07, 6.45) is 1.60. The quantitative estimate of drug-likeness (QED) is 0.778. The molecule has 3 nitrogen and oxygen atoms in total. The Morgan fingerprint density at radius 1 is 1.20 bits per heavy atom. The van der Waals surface area contributed by atoms with Gasteiger partial charge in [-0.15, -0.1) is 0 Å². The molecule has 2 rings (SSSR count). The molecule has 0 aliphatic carbocycles. The van der Waals surface area contributed by atoms with Gasteiger partial charge in [-0.1, -0.05) is 15.9 Å². The van der Waals surface area contributed by atoms with Crippen LogP contribution in [0, 0.1) is 0 Å². The minimum atomic E-state index is -0.137. The Labute approximate surface area is 95.1 Å². The number of halogens is 1. The van der Waals surface area contributed by atoms with Gasteiger partial charge in [-0.2, -0.15) is 0 Å². The maximum atomic E-state index is 11.6. The predicted octanol–water partition coefficient (Wildman–Crippen LogP) is 2.39. The standard InChI is InChI=1S/C11H9BrN2O/c12-7-3-4-10(13)9(6-7)8-2-1-5-14-11(8)15/h1-6H,13H2,(H,14,15). The number of aromatic nitrogens is 1. The number of hydrogen-bond acceptors (Lipinski definition) is 2. The Kier molecular flexibility index (Phi) is 2.60. The first-order chi connectivity index (χ1) is 7.18. The van der Waals surface area contributed by atoms with Crippen molar-refractivity contribution in [1.29, 1.82) is 0 Å². The van der Waals surface area contributed by atoms with Gasteiger partial charge >= 0.3 is 0 Å². The molecular formula is C11H9BrN2O. The molecule has 4 heteroatoms. The van der Waals surface area contributed by atoms with Crippen LogP contribution in [0.3, 0.4) is 0 Å². The van der Waals surface area contributed by atoms with Crippen LogP contribution in [0.15, 0.2) is 45.8 Å². The van der Waals surface area contributed by atoms with E-state index >= 15 is 0 Å². The van der Waals surface area contributed by atoms with E-state index in [0.717, 1.165) is 10.0 Å². The third kappa shape index (κ3) is 1.94. The first kappa shape index (κ1) is 9.98. The smallest absolute Gasteiger partial charge is 0.255 e. The topological polar surface area (TPSA) is 58.9 Å². The second-order valence-electron chi connectivity index (χ2n) is 3.14. The molecule has 0 aliphatic heterocycles. The molecule has 0 spiro atoms. The lowest BCUT2D eigenvalue weighted by Crippen LogP contribution is -2.08. The number of hydrogen-bond donors (Lipinski definition) is 2. The van der Waals surface area contributed by atoms with E-state index < -0.39 is 0 Å². The van der Waals surface area contributed by atoms with Gasteiger partial charge in [-0.25, -0.2) is 0 Å². The summed E-state index contributed by atoms with van der Waals surface area (Å²) in [5.74, 6) is 0. The SMILES string of the molecule is Nc1ccc(Br)cc1-c1ccc[nH]c1=O. The molecule has 0 radical (unpaired) electrons. The summed E-state index contributed by atoms with van der Waals surface area (Å²) in [7, 11) is 0. The van der Waals surface area contributed by atoms with Gasteiger partial charge in [-0.05, 0) is 30.3 Å².